The molecule has 2 aliphatic heterocycles. The van der Waals surface area contributed by atoms with Gasteiger partial charge in [-0.05, 0) is 50.0 Å². The van der Waals surface area contributed by atoms with E-state index in [-0.39, 0.29) is 0 Å². The maximum atomic E-state index is 3.56. The van der Waals surface area contributed by atoms with Crippen molar-refractivity contribution in [3.63, 3.8) is 0 Å². The lowest BCUT2D eigenvalue weighted by Gasteiger charge is -2.36. The maximum Gasteiger partial charge on any atom is 0.00988 e. The molecular formula is C13H24N2. The van der Waals surface area contributed by atoms with E-state index >= 15 is 0 Å². The highest BCUT2D eigenvalue weighted by Gasteiger charge is 2.42. The van der Waals surface area contributed by atoms with Crippen LogP contribution in [0.25, 0.3) is 0 Å². The minimum Gasteiger partial charge on any atom is -0.316 e. The van der Waals surface area contributed by atoms with Crippen LogP contribution in [-0.2, 0) is 0 Å². The van der Waals surface area contributed by atoms with Crippen molar-refractivity contribution in [3.8, 4) is 0 Å². The van der Waals surface area contributed by atoms with Gasteiger partial charge in [0, 0.05) is 25.7 Å². The minimum atomic E-state index is 0.616. The number of hydrogen-bond acceptors (Lipinski definition) is 2. The topological polar surface area (TPSA) is 15.3 Å². The second kappa shape index (κ2) is 3.74. The number of nitrogens with one attached hydrogen (secondary N) is 1. The van der Waals surface area contributed by atoms with Crippen LogP contribution >= 0.6 is 0 Å². The van der Waals surface area contributed by atoms with Gasteiger partial charge in [-0.2, -0.15) is 0 Å². The highest BCUT2D eigenvalue weighted by Crippen LogP contribution is 2.40. The molecule has 2 bridgehead atoms. The van der Waals surface area contributed by atoms with Crippen LogP contribution in [0.2, 0.25) is 0 Å². The molecule has 2 heteroatoms. The van der Waals surface area contributed by atoms with Crippen LogP contribution in [-0.4, -0.2) is 37.1 Å². The zero-order chi connectivity index (χ0) is 10.3. The minimum absolute atomic E-state index is 0.616. The highest BCUT2D eigenvalue weighted by atomic mass is 15.2. The fraction of sp³-hybridized carbons (Fsp3) is 1.00. The number of fused-ring (bicyclic) bond motifs is 2. The molecule has 2 heterocycles. The van der Waals surface area contributed by atoms with E-state index in [1.54, 1.807) is 0 Å². The first kappa shape index (κ1) is 10.1. The summed E-state index contributed by atoms with van der Waals surface area (Å²) in [5, 5.41) is 3.56. The zero-order valence-corrected chi connectivity index (χ0v) is 9.97. The van der Waals surface area contributed by atoms with E-state index in [0.29, 0.717) is 5.41 Å². The third-order valence-corrected chi connectivity index (χ3v) is 5.14. The van der Waals surface area contributed by atoms with Crippen LogP contribution in [0.3, 0.4) is 0 Å². The van der Waals surface area contributed by atoms with Gasteiger partial charge >= 0.3 is 0 Å². The Morgan fingerprint density at radius 2 is 2.33 bits per heavy atom. The number of rotatable bonds is 3. The normalized spacial score (nSPS) is 45.4. The molecule has 86 valence electrons. The Hall–Kier alpha value is -0.0800. The SMILES string of the molecule is CCC1(CN2CC3CCC2C3)CCNC1. The van der Waals surface area contributed by atoms with E-state index in [0.717, 1.165) is 12.0 Å². The summed E-state index contributed by atoms with van der Waals surface area (Å²) in [5.74, 6) is 1.05. The summed E-state index contributed by atoms with van der Waals surface area (Å²) in [6.07, 6.45) is 7.26. The van der Waals surface area contributed by atoms with Crippen molar-refractivity contribution < 1.29 is 0 Å². The van der Waals surface area contributed by atoms with Crippen molar-refractivity contribution in [1.29, 1.82) is 0 Å². The van der Waals surface area contributed by atoms with E-state index in [9.17, 15) is 0 Å². The molecule has 1 aliphatic carbocycles. The van der Waals surface area contributed by atoms with E-state index in [2.05, 4.69) is 17.1 Å². The first-order valence-corrected chi connectivity index (χ1v) is 6.76. The summed E-state index contributed by atoms with van der Waals surface area (Å²) in [6, 6.07) is 0.957. The molecule has 15 heavy (non-hydrogen) atoms. The van der Waals surface area contributed by atoms with Gasteiger partial charge in [-0.25, -0.2) is 0 Å². The van der Waals surface area contributed by atoms with E-state index in [1.807, 2.05) is 0 Å². The molecule has 2 saturated heterocycles. The third kappa shape index (κ3) is 1.72. The Kier molecular flexibility index (Phi) is 2.52. The average Bonchev–Trinajstić information content (AvgIpc) is 2.93. The first-order chi connectivity index (χ1) is 7.31. The summed E-state index contributed by atoms with van der Waals surface area (Å²) in [6.45, 7) is 7.67. The monoisotopic (exact) mass is 208 g/mol. The lowest BCUT2D eigenvalue weighted by atomic mass is 9.83. The molecule has 2 nitrogen and oxygen atoms in total. The van der Waals surface area contributed by atoms with Gasteiger partial charge < -0.3 is 5.32 Å². The Bertz CT molecular complexity index is 233. The summed E-state index contributed by atoms with van der Waals surface area (Å²) >= 11 is 0. The Morgan fingerprint density at radius 3 is 2.87 bits per heavy atom. The van der Waals surface area contributed by atoms with Crippen LogP contribution < -0.4 is 5.32 Å². The highest BCUT2D eigenvalue weighted by molar-refractivity contribution is 4.97. The van der Waals surface area contributed by atoms with Crippen LogP contribution in [0, 0.1) is 11.3 Å². The molecule has 3 unspecified atom stereocenters. The third-order valence-electron chi connectivity index (χ3n) is 5.14. The molecule has 0 aromatic heterocycles. The van der Waals surface area contributed by atoms with E-state index in [4.69, 9.17) is 0 Å². The predicted molar refractivity (Wildman–Crippen MR) is 62.9 cm³/mol. The molecule has 3 atom stereocenters. The standard InChI is InChI=1S/C13H24N2/c1-2-13(5-6-14-9-13)10-15-8-11-3-4-12(15)7-11/h11-12,14H,2-10H2,1H3. The maximum absolute atomic E-state index is 3.56. The van der Waals surface area contributed by atoms with Crippen LogP contribution in [0.4, 0.5) is 0 Å². The summed E-state index contributed by atoms with van der Waals surface area (Å²) in [7, 11) is 0. The molecule has 0 aromatic carbocycles. The van der Waals surface area contributed by atoms with Crippen molar-refractivity contribution in [1.82, 2.24) is 10.2 Å². The second-order valence-corrected chi connectivity index (χ2v) is 6.04. The van der Waals surface area contributed by atoms with Gasteiger partial charge in [0.1, 0.15) is 0 Å². The van der Waals surface area contributed by atoms with Crippen molar-refractivity contribution in [2.45, 2.75) is 45.1 Å². The van der Waals surface area contributed by atoms with Crippen LogP contribution in [0.15, 0.2) is 0 Å². The van der Waals surface area contributed by atoms with Gasteiger partial charge in [0.2, 0.25) is 0 Å². The molecule has 0 spiro atoms. The van der Waals surface area contributed by atoms with Gasteiger partial charge in [0.15, 0.2) is 0 Å². The van der Waals surface area contributed by atoms with E-state index in [1.165, 1.54) is 58.3 Å². The van der Waals surface area contributed by atoms with Gasteiger partial charge in [0.05, 0.1) is 0 Å². The predicted octanol–water partition coefficient (Wildman–Crippen LogP) is 1.86. The summed E-state index contributed by atoms with van der Waals surface area (Å²) in [4.78, 5) is 2.81. The molecule has 3 fully saturated rings. The zero-order valence-electron chi connectivity index (χ0n) is 9.97. The molecular weight excluding hydrogens is 184 g/mol. The van der Waals surface area contributed by atoms with Crippen molar-refractivity contribution in [2.24, 2.45) is 11.3 Å². The Balaban J connectivity index is 1.64. The lowest BCUT2D eigenvalue weighted by Crippen LogP contribution is -2.42. The molecule has 0 amide bonds. The Morgan fingerprint density at radius 1 is 1.40 bits per heavy atom. The van der Waals surface area contributed by atoms with Crippen molar-refractivity contribution >= 4 is 0 Å². The fourth-order valence-electron chi connectivity index (χ4n) is 4.00. The first-order valence-electron chi connectivity index (χ1n) is 6.76. The molecule has 0 radical (unpaired) electrons. The number of hydrogen-bond donors (Lipinski definition) is 1. The number of nitrogens with zero attached hydrogens (tertiary/aromatic N) is 1. The van der Waals surface area contributed by atoms with Gasteiger partial charge in [-0.3, -0.25) is 4.90 Å². The van der Waals surface area contributed by atoms with E-state index < -0.39 is 0 Å². The molecule has 3 aliphatic rings. The van der Waals surface area contributed by atoms with Gasteiger partial charge in [-0.1, -0.05) is 6.92 Å². The molecule has 1 saturated carbocycles. The molecule has 0 aromatic rings. The van der Waals surface area contributed by atoms with Crippen molar-refractivity contribution in [3.05, 3.63) is 0 Å². The summed E-state index contributed by atoms with van der Waals surface area (Å²) < 4.78 is 0. The van der Waals surface area contributed by atoms with Crippen LogP contribution in [0.1, 0.15) is 39.0 Å². The molecule has 3 rings (SSSR count). The average molecular weight is 208 g/mol. The quantitative estimate of drug-likeness (QED) is 0.761. The molecule has 1 N–H and O–H groups in total. The largest absolute Gasteiger partial charge is 0.316 e. The number of piperidine rings is 1. The lowest BCUT2D eigenvalue weighted by molar-refractivity contribution is 0.127. The van der Waals surface area contributed by atoms with Gasteiger partial charge in [-0.15, -0.1) is 0 Å². The number of likely N-dealkylation sites (tertiary alicyclic amines) is 1. The Labute approximate surface area is 93.4 Å². The van der Waals surface area contributed by atoms with Gasteiger partial charge in [0.25, 0.3) is 0 Å². The fourth-order valence-corrected chi connectivity index (χ4v) is 4.00. The van der Waals surface area contributed by atoms with Crippen molar-refractivity contribution in [2.75, 3.05) is 26.2 Å². The van der Waals surface area contributed by atoms with Crippen LogP contribution in [0.5, 0.6) is 0 Å². The second-order valence-electron chi connectivity index (χ2n) is 6.04. The smallest absolute Gasteiger partial charge is 0.00988 e. The summed E-state index contributed by atoms with van der Waals surface area (Å²) in [5.41, 5.74) is 0.616.